The van der Waals surface area contributed by atoms with Crippen LogP contribution in [-0.4, -0.2) is 35.9 Å². The van der Waals surface area contributed by atoms with Crippen molar-refractivity contribution in [1.82, 2.24) is 0 Å². The maximum atomic E-state index is 12.0. The molecule has 0 bridgehead atoms. The fourth-order valence-corrected chi connectivity index (χ4v) is 3.43. The molecule has 5 heteroatoms. The number of rotatable bonds is 2. The summed E-state index contributed by atoms with van der Waals surface area (Å²) >= 11 is 0. The quantitative estimate of drug-likeness (QED) is 0.452. The topological polar surface area (TPSA) is 72.8 Å². The van der Waals surface area contributed by atoms with Crippen molar-refractivity contribution in [3.05, 3.63) is 47.1 Å². The Kier molecular flexibility index (Phi) is 7.60. The van der Waals surface area contributed by atoms with Crippen molar-refractivity contribution in [2.45, 2.75) is 65.1 Å². The van der Waals surface area contributed by atoms with E-state index in [2.05, 4.69) is 19.6 Å². The van der Waals surface area contributed by atoms with Crippen LogP contribution in [0.2, 0.25) is 0 Å². The van der Waals surface area contributed by atoms with Gasteiger partial charge in [-0.25, -0.2) is 4.79 Å². The first-order valence-electron chi connectivity index (χ1n) is 9.51. The highest BCUT2D eigenvalue weighted by Gasteiger charge is 2.42. The van der Waals surface area contributed by atoms with Gasteiger partial charge in [-0.15, -0.1) is 0 Å². The van der Waals surface area contributed by atoms with Crippen LogP contribution < -0.4 is 0 Å². The van der Waals surface area contributed by atoms with E-state index in [-0.39, 0.29) is 18.5 Å². The van der Waals surface area contributed by atoms with Gasteiger partial charge in [0.15, 0.2) is 0 Å². The van der Waals surface area contributed by atoms with Gasteiger partial charge in [0, 0.05) is 18.4 Å². The zero-order valence-corrected chi connectivity index (χ0v) is 16.5. The van der Waals surface area contributed by atoms with Crippen molar-refractivity contribution in [2.24, 2.45) is 5.92 Å². The van der Waals surface area contributed by atoms with Gasteiger partial charge in [0.2, 0.25) is 0 Å². The fourth-order valence-electron chi connectivity index (χ4n) is 3.43. The lowest BCUT2D eigenvalue weighted by Gasteiger charge is -2.23. The highest BCUT2D eigenvalue weighted by Crippen LogP contribution is 2.34. The molecular weight excluding hydrogens is 344 g/mol. The normalized spacial score (nSPS) is 27.6. The molecule has 0 aromatic carbocycles. The largest absolute Gasteiger partial charge is 0.461 e. The molecule has 1 heterocycles. The number of carbonyl (C=O) groups is 2. The van der Waals surface area contributed by atoms with Crippen LogP contribution in [0.4, 0.5) is 0 Å². The minimum absolute atomic E-state index is 0.238. The molecule has 0 amide bonds. The van der Waals surface area contributed by atoms with Gasteiger partial charge in [0.25, 0.3) is 0 Å². The van der Waals surface area contributed by atoms with Gasteiger partial charge in [-0.1, -0.05) is 30.4 Å². The summed E-state index contributed by atoms with van der Waals surface area (Å²) in [5.74, 6) is -1.06. The summed E-state index contributed by atoms with van der Waals surface area (Å²) in [6.07, 6.45) is 8.63. The Morgan fingerprint density at radius 2 is 1.96 bits per heavy atom. The Morgan fingerprint density at radius 1 is 1.26 bits per heavy atom. The van der Waals surface area contributed by atoms with Crippen LogP contribution in [0.25, 0.3) is 0 Å². The number of allylic oxidation sites excluding steroid dienone is 4. The van der Waals surface area contributed by atoms with Crippen molar-refractivity contribution >= 4 is 11.9 Å². The number of fused-ring (bicyclic) bond motifs is 1. The van der Waals surface area contributed by atoms with Crippen LogP contribution in [0, 0.1) is 5.92 Å². The van der Waals surface area contributed by atoms with Crippen LogP contribution in [0.3, 0.4) is 0 Å². The first kappa shape index (κ1) is 21.2. The standard InChI is InChI=1S/C22H30O5/c1-14-7-5-9-15(2)20(24)21-19(16(3)22(25)27-21)12-11-18(10-6-8-14)13-26-17(4)23/h8-9,11,19-21,24H,3,5-7,10,12-13H2,1-2,4H3. The van der Waals surface area contributed by atoms with E-state index < -0.39 is 18.2 Å². The lowest BCUT2D eigenvalue weighted by Crippen LogP contribution is -2.32. The summed E-state index contributed by atoms with van der Waals surface area (Å²) in [6.45, 7) is 9.45. The van der Waals surface area contributed by atoms with Gasteiger partial charge in [-0.3, -0.25) is 4.79 Å². The molecule has 0 radical (unpaired) electrons. The molecule has 5 nitrogen and oxygen atoms in total. The molecule has 1 aliphatic heterocycles. The first-order chi connectivity index (χ1) is 12.8. The summed E-state index contributed by atoms with van der Waals surface area (Å²) in [5.41, 5.74) is 3.48. The Labute approximate surface area is 161 Å². The van der Waals surface area contributed by atoms with Crippen LogP contribution in [0.15, 0.2) is 47.1 Å². The Balaban J connectivity index is 2.29. The predicted octanol–water partition coefficient (Wildman–Crippen LogP) is 3.79. The van der Waals surface area contributed by atoms with Gasteiger partial charge in [0.05, 0.1) is 0 Å². The lowest BCUT2D eigenvalue weighted by molar-refractivity contribution is -0.143. The van der Waals surface area contributed by atoms with Crippen molar-refractivity contribution in [3.8, 4) is 0 Å². The van der Waals surface area contributed by atoms with Crippen LogP contribution in [-0.2, 0) is 19.1 Å². The third kappa shape index (κ3) is 5.93. The molecule has 1 N–H and O–H groups in total. The SMILES string of the molecule is C=C1C(=O)OC2C(O)C(C)=CCCC(C)=CCCC(COC(C)=O)=CCC12. The molecule has 0 aromatic heterocycles. The Hall–Kier alpha value is -2.14. The van der Waals surface area contributed by atoms with Crippen molar-refractivity contribution < 1.29 is 24.2 Å². The van der Waals surface area contributed by atoms with E-state index in [1.54, 1.807) is 0 Å². The van der Waals surface area contributed by atoms with Gasteiger partial charge < -0.3 is 14.6 Å². The average molecular weight is 374 g/mol. The van der Waals surface area contributed by atoms with Gasteiger partial charge in [0.1, 0.15) is 18.8 Å². The van der Waals surface area contributed by atoms with Crippen LogP contribution >= 0.6 is 0 Å². The molecule has 0 saturated carbocycles. The summed E-state index contributed by atoms with van der Waals surface area (Å²) in [6, 6.07) is 0. The molecule has 1 saturated heterocycles. The van der Waals surface area contributed by atoms with E-state index in [0.29, 0.717) is 12.0 Å². The minimum Gasteiger partial charge on any atom is -0.461 e. The molecule has 2 rings (SSSR count). The van der Waals surface area contributed by atoms with Crippen molar-refractivity contribution in [3.63, 3.8) is 0 Å². The van der Waals surface area contributed by atoms with Crippen molar-refractivity contribution in [2.75, 3.05) is 6.61 Å². The molecule has 0 spiro atoms. The zero-order chi connectivity index (χ0) is 20.0. The molecule has 27 heavy (non-hydrogen) atoms. The monoisotopic (exact) mass is 374 g/mol. The third-order valence-corrected chi connectivity index (χ3v) is 5.21. The maximum absolute atomic E-state index is 12.0. The van der Waals surface area contributed by atoms with Crippen LogP contribution in [0.5, 0.6) is 0 Å². The number of hydrogen-bond donors (Lipinski definition) is 1. The molecule has 1 fully saturated rings. The summed E-state index contributed by atoms with van der Waals surface area (Å²) in [4.78, 5) is 23.2. The second kappa shape index (κ2) is 9.70. The predicted molar refractivity (Wildman–Crippen MR) is 104 cm³/mol. The van der Waals surface area contributed by atoms with Gasteiger partial charge in [-0.05, 0) is 57.1 Å². The third-order valence-electron chi connectivity index (χ3n) is 5.21. The van der Waals surface area contributed by atoms with Crippen LogP contribution in [0.1, 0.15) is 52.9 Å². The second-order valence-corrected chi connectivity index (χ2v) is 7.40. The number of hydrogen-bond acceptors (Lipinski definition) is 5. The summed E-state index contributed by atoms with van der Waals surface area (Å²) < 4.78 is 10.6. The van der Waals surface area contributed by atoms with E-state index in [1.807, 2.05) is 19.1 Å². The lowest BCUT2D eigenvalue weighted by atomic mass is 9.87. The Morgan fingerprint density at radius 3 is 2.67 bits per heavy atom. The fraction of sp³-hybridized carbons (Fsp3) is 0.545. The summed E-state index contributed by atoms with van der Waals surface area (Å²) in [7, 11) is 0. The highest BCUT2D eigenvalue weighted by atomic mass is 16.6. The molecule has 1 aliphatic carbocycles. The highest BCUT2D eigenvalue weighted by molar-refractivity contribution is 5.91. The molecular formula is C22H30O5. The second-order valence-electron chi connectivity index (χ2n) is 7.40. The van der Waals surface area contributed by atoms with E-state index in [9.17, 15) is 14.7 Å². The minimum atomic E-state index is -0.851. The smallest absolute Gasteiger partial charge is 0.334 e. The number of aliphatic hydroxyl groups is 1. The number of esters is 2. The molecule has 2 aliphatic rings. The summed E-state index contributed by atoms with van der Waals surface area (Å²) in [5, 5.41) is 10.7. The number of carbonyl (C=O) groups excluding carboxylic acids is 2. The van der Waals surface area contributed by atoms with E-state index in [4.69, 9.17) is 9.47 Å². The molecule has 148 valence electrons. The van der Waals surface area contributed by atoms with Gasteiger partial charge >= 0.3 is 11.9 Å². The molecule has 3 atom stereocenters. The number of aliphatic hydroxyl groups excluding tert-OH is 1. The van der Waals surface area contributed by atoms with E-state index >= 15 is 0 Å². The van der Waals surface area contributed by atoms with E-state index in [0.717, 1.165) is 36.8 Å². The zero-order valence-electron chi connectivity index (χ0n) is 16.5. The molecule has 0 aromatic rings. The molecule has 3 unspecified atom stereocenters. The van der Waals surface area contributed by atoms with Gasteiger partial charge in [-0.2, -0.15) is 0 Å². The Bertz CT molecular complexity index is 683. The average Bonchev–Trinajstić information content (AvgIpc) is 2.90. The maximum Gasteiger partial charge on any atom is 0.334 e. The first-order valence-corrected chi connectivity index (χ1v) is 9.51. The number of ether oxygens (including phenoxy) is 2. The van der Waals surface area contributed by atoms with E-state index in [1.165, 1.54) is 12.5 Å². The van der Waals surface area contributed by atoms with Crippen molar-refractivity contribution in [1.29, 1.82) is 0 Å².